The van der Waals surface area contributed by atoms with Crippen molar-refractivity contribution in [3.63, 3.8) is 0 Å². The second-order valence-corrected chi connectivity index (χ2v) is 3.91. The van der Waals surface area contributed by atoms with Gasteiger partial charge in [0.25, 0.3) is 0 Å². The molecule has 0 aliphatic rings. The molecule has 0 spiro atoms. The van der Waals surface area contributed by atoms with Gasteiger partial charge in [-0.3, -0.25) is 0 Å². The molecular weight excluding hydrogens is 230 g/mol. The van der Waals surface area contributed by atoms with Crippen LogP contribution in [0.5, 0.6) is 0 Å². The van der Waals surface area contributed by atoms with Crippen LogP contribution in [0, 0.1) is 0 Å². The maximum atomic E-state index is 9.14. The van der Waals surface area contributed by atoms with Crippen LogP contribution in [0.4, 0.5) is 0 Å². The Labute approximate surface area is 84.9 Å². The lowest BCUT2D eigenvalue weighted by atomic mass is 10.1. The van der Waals surface area contributed by atoms with Gasteiger partial charge in [0.1, 0.15) is 0 Å². The number of fused-ring (bicyclic) bond motifs is 1. The minimum Gasteiger partial charge on any atom is -0.392 e. The van der Waals surface area contributed by atoms with Gasteiger partial charge < -0.3 is 9.67 Å². The Morgan fingerprint density at radius 3 is 2.92 bits per heavy atom. The SMILES string of the molecule is Cn1cc(Br)c2cccc(CO)c21. The molecule has 2 nitrogen and oxygen atoms in total. The van der Waals surface area contributed by atoms with Crippen molar-refractivity contribution in [3.8, 4) is 0 Å². The monoisotopic (exact) mass is 239 g/mol. The van der Waals surface area contributed by atoms with E-state index < -0.39 is 0 Å². The Balaban J connectivity index is 2.88. The topological polar surface area (TPSA) is 25.2 Å². The summed E-state index contributed by atoms with van der Waals surface area (Å²) in [7, 11) is 1.98. The van der Waals surface area contributed by atoms with Crippen LogP contribution < -0.4 is 0 Å². The predicted octanol–water partition coefficient (Wildman–Crippen LogP) is 2.43. The predicted molar refractivity (Wildman–Crippen MR) is 56.5 cm³/mol. The standard InChI is InChI=1S/C10H10BrNO/c1-12-5-9(11)8-4-2-3-7(6-13)10(8)12/h2-5,13H,6H2,1H3. The van der Waals surface area contributed by atoms with Crippen molar-refractivity contribution in [2.24, 2.45) is 7.05 Å². The first kappa shape index (κ1) is 8.78. The fraction of sp³-hybridized carbons (Fsp3) is 0.200. The molecular formula is C10H10BrNO. The summed E-state index contributed by atoms with van der Waals surface area (Å²) >= 11 is 3.48. The number of benzene rings is 1. The van der Waals surface area contributed by atoms with E-state index in [2.05, 4.69) is 15.9 Å². The molecule has 0 saturated heterocycles. The number of nitrogens with zero attached hydrogens (tertiary/aromatic N) is 1. The minimum atomic E-state index is 0.0850. The summed E-state index contributed by atoms with van der Waals surface area (Å²) < 4.78 is 3.09. The average Bonchev–Trinajstić information content (AvgIpc) is 2.43. The first-order chi connectivity index (χ1) is 6.24. The molecule has 1 N–H and O–H groups in total. The molecule has 68 valence electrons. The lowest BCUT2D eigenvalue weighted by Gasteiger charge is -2.01. The zero-order chi connectivity index (χ0) is 9.42. The molecule has 0 atom stereocenters. The summed E-state index contributed by atoms with van der Waals surface area (Å²) in [5, 5.41) is 10.3. The zero-order valence-electron chi connectivity index (χ0n) is 7.29. The molecule has 0 saturated carbocycles. The number of halogens is 1. The van der Waals surface area contributed by atoms with Gasteiger partial charge in [0, 0.05) is 28.7 Å². The third kappa shape index (κ3) is 1.28. The molecule has 0 unspecified atom stereocenters. The highest BCUT2D eigenvalue weighted by molar-refractivity contribution is 9.10. The molecule has 1 aromatic heterocycles. The van der Waals surface area contributed by atoms with Gasteiger partial charge >= 0.3 is 0 Å². The van der Waals surface area contributed by atoms with Gasteiger partial charge in [-0.2, -0.15) is 0 Å². The van der Waals surface area contributed by atoms with Crippen LogP contribution in [0.2, 0.25) is 0 Å². The van der Waals surface area contributed by atoms with Crippen LogP contribution in [0.3, 0.4) is 0 Å². The van der Waals surface area contributed by atoms with E-state index in [1.54, 1.807) is 0 Å². The van der Waals surface area contributed by atoms with E-state index in [4.69, 9.17) is 5.11 Å². The van der Waals surface area contributed by atoms with Crippen molar-refractivity contribution in [1.82, 2.24) is 4.57 Å². The molecule has 2 aromatic rings. The van der Waals surface area contributed by atoms with Gasteiger partial charge in [-0.05, 0) is 15.9 Å². The van der Waals surface area contributed by atoms with Crippen molar-refractivity contribution in [1.29, 1.82) is 0 Å². The zero-order valence-corrected chi connectivity index (χ0v) is 8.87. The Morgan fingerprint density at radius 2 is 2.23 bits per heavy atom. The molecule has 3 heteroatoms. The second kappa shape index (κ2) is 3.16. The smallest absolute Gasteiger partial charge is 0.0702 e. The van der Waals surface area contributed by atoms with Gasteiger partial charge in [-0.15, -0.1) is 0 Å². The lowest BCUT2D eigenvalue weighted by molar-refractivity contribution is 0.283. The van der Waals surface area contributed by atoms with E-state index in [0.717, 1.165) is 20.9 Å². The number of aliphatic hydroxyl groups is 1. The number of aryl methyl sites for hydroxylation is 1. The highest BCUT2D eigenvalue weighted by Gasteiger charge is 2.06. The van der Waals surface area contributed by atoms with Gasteiger partial charge in [0.2, 0.25) is 0 Å². The Hall–Kier alpha value is -0.800. The molecule has 13 heavy (non-hydrogen) atoms. The van der Waals surface area contributed by atoms with Crippen LogP contribution in [0.25, 0.3) is 10.9 Å². The lowest BCUT2D eigenvalue weighted by Crippen LogP contribution is -1.90. The maximum absolute atomic E-state index is 9.14. The third-order valence-corrected chi connectivity index (χ3v) is 2.84. The number of hydrogen-bond donors (Lipinski definition) is 1. The number of aromatic nitrogens is 1. The van der Waals surface area contributed by atoms with Crippen molar-refractivity contribution in [2.75, 3.05) is 0 Å². The molecule has 0 radical (unpaired) electrons. The van der Waals surface area contributed by atoms with Gasteiger partial charge in [0.05, 0.1) is 12.1 Å². The number of hydrogen-bond acceptors (Lipinski definition) is 1. The molecule has 2 rings (SSSR count). The Bertz CT molecular complexity index is 447. The van der Waals surface area contributed by atoms with Gasteiger partial charge in [-0.25, -0.2) is 0 Å². The number of para-hydroxylation sites is 1. The second-order valence-electron chi connectivity index (χ2n) is 3.06. The maximum Gasteiger partial charge on any atom is 0.0702 e. The van der Waals surface area contributed by atoms with Crippen LogP contribution in [0.1, 0.15) is 5.56 Å². The fourth-order valence-corrected chi connectivity index (χ4v) is 2.26. The summed E-state index contributed by atoms with van der Waals surface area (Å²) in [6.45, 7) is 0.0850. The quantitative estimate of drug-likeness (QED) is 0.813. The van der Waals surface area contributed by atoms with Crippen molar-refractivity contribution in [3.05, 3.63) is 34.4 Å². The summed E-state index contributed by atoms with van der Waals surface area (Å²) in [5.74, 6) is 0. The molecule has 0 fully saturated rings. The summed E-state index contributed by atoms with van der Waals surface area (Å²) in [6.07, 6.45) is 2.00. The van der Waals surface area contributed by atoms with Crippen LogP contribution in [-0.4, -0.2) is 9.67 Å². The van der Waals surface area contributed by atoms with Crippen LogP contribution in [0.15, 0.2) is 28.9 Å². The summed E-state index contributed by atoms with van der Waals surface area (Å²) in [6, 6.07) is 5.94. The number of aliphatic hydroxyl groups excluding tert-OH is 1. The van der Waals surface area contributed by atoms with E-state index >= 15 is 0 Å². The highest BCUT2D eigenvalue weighted by Crippen LogP contribution is 2.27. The van der Waals surface area contributed by atoms with Crippen LogP contribution in [-0.2, 0) is 13.7 Å². The highest BCUT2D eigenvalue weighted by atomic mass is 79.9. The molecule has 0 aliphatic carbocycles. The normalized spacial score (nSPS) is 11.0. The van der Waals surface area contributed by atoms with Crippen molar-refractivity contribution >= 4 is 26.8 Å². The van der Waals surface area contributed by atoms with E-state index in [-0.39, 0.29) is 6.61 Å². The molecule has 0 aliphatic heterocycles. The van der Waals surface area contributed by atoms with Crippen LogP contribution >= 0.6 is 15.9 Å². The molecule has 0 amide bonds. The van der Waals surface area contributed by atoms with E-state index in [1.165, 1.54) is 0 Å². The van der Waals surface area contributed by atoms with E-state index in [9.17, 15) is 0 Å². The van der Waals surface area contributed by atoms with E-state index in [1.807, 2.05) is 36.0 Å². The Morgan fingerprint density at radius 1 is 1.46 bits per heavy atom. The first-order valence-corrected chi connectivity index (χ1v) is 4.86. The van der Waals surface area contributed by atoms with Crippen molar-refractivity contribution < 1.29 is 5.11 Å². The molecule has 1 heterocycles. The summed E-state index contributed by atoms with van der Waals surface area (Å²) in [5.41, 5.74) is 2.06. The van der Waals surface area contributed by atoms with E-state index in [0.29, 0.717) is 0 Å². The average molecular weight is 240 g/mol. The first-order valence-electron chi connectivity index (χ1n) is 4.07. The fourth-order valence-electron chi connectivity index (χ4n) is 1.63. The minimum absolute atomic E-state index is 0.0850. The largest absolute Gasteiger partial charge is 0.392 e. The van der Waals surface area contributed by atoms with Gasteiger partial charge in [-0.1, -0.05) is 18.2 Å². The number of rotatable bonds is 1. The molecule has 1 aromatic carbocycles. The molecule has 0 bridgehead atoms. The third-order valence-electron chi connectivity index (χ3n) is 2.21. The van der Waals surface area contributed by atoms with Crippen molar-refractivity contribution in [2.45, 2.75) is 6.61 Å². The van der Waals surface area contributed by atoms with Gasteiger partial charge in [0.15, 0.2) is 0 Å². The summed E-state index contributed by atoms with van der Waals surface area (Å²) in [4.78, 5) is 0. The Kier molecular flexibility index (Phi) is 2.14.